The number of carbonyl (C=O) groups is 1. The molecule has 1 aromatic heterocycles. The van der Waals surface area contributed by atoms with Crippen molar-refractivity contribution in [3.63, 3.8) is 0 Å². The smallest absolute Gasteiger partial charge is 0.301 e. The van der Waals surface area contributed by atoms with Crippen molar-refractivity contribution in [3.8, 4) is 0 Å². The Morgan fingerprint density at radius 3 is 2.82 bits per heavy atom. The summed E-state index contributed by atoms with van der Waals surface area (Å²) in [6.07, 6.45) is 1.46. The summed E-state index contributed by atoms with van der Waals surface area (Å²) in [5.74, 6) is 4.98. The quantitative estimate of drug-likeness (QED) is 0.551. The van der Waals surface area contributed by atoms with E-state index in [1.165, 1.54) is 6.26 Å². The zero-order chi connectivity index (χ0) is 12.3. The second-order valence-electron chi connectivity index (χ2n) is 3.44. The molecule has 0 spiro atoms. The van der Waals surface area contributed by atoms with Crippen molar-refractivity contribution in [1.82, 2.24) is 4.98 Å². The van der Waals surface area contributed by atoms with Crippen LogP contribution in [0.25, 0.3) is 0 Å². The van der Waals surface area contributed by atoms with Crippen molar-refractivity contribution in [2.24, 2.45) is 5.84 Å². The molecular formula is C11H12N4O2. The lowest BCUT2D eigenvalue weighted by molar-refractivity contribution is 0.102. The van der Waals surface area contributed by atoms with Gasteiger partial charge in [0.25, 0.3) is 5.91 Å². The number of hydrogen-bond acceptors (Lipinski definition) is 5. The number of carbonyl (C=O) groups excluding carboxylic acids is 1. The molecule has 0 bridgehead atoms. The minimum atomic E-state index is -0.333. The third-order valence-electron chi connectivity index (χ3n) is 2.17. The van der Waals surface area contributed by atoms with Crippen molar-refractivity contribution in [2.45, 2.75) is 6.92 Å². The second-order valence-corrected chi connectivity index (χ2v) is 3.44. The van der Waals surface area contributed by atoms with Crippen LogP contribution >= 0.6 is 0 Å². The zero-order valence-corrected chi connectivity index (χ0v) is 9.23. The van der Waals surface area contributed by atoms with Crippen molar-refractivity contribution in [1.29, 1.82) is 0 Å². The Labute approximate surface area is 97.8 Å². The Bertz CT molecular complexity index is 536. The van der Waals surface area contributed by atoms with E-state index < -0.39 is 0 Å². The van der Waals surface area contributed by atoms with Gasteiger partial charge in [-0.2, -0.15) is 4.98 Å². The highest BCUT2D eigenvalue weighted by molar-refractivity contribution is 6.07. The van der Waals surface area contributed by atoms with Crippen LogP contribution in [-0.4, -0.2) is 10.9 Å². The summed E-state index contributed by atoms with van der Waals surface area (Å²) in [7, 11) is 0. The molecule has 4 N–H and O–H groups in total. The van der Waals surface area contributed by atoms with Gasteiger partial charge in [0, 0.05) is 0 Å². The molecular weight excluding hydrogens is 220 g/mol. The molecule has 17 heavy (non-hydrogen) atoms. The SMILES string of the molecule is Cc1coc(NC(=O)c2ccccc2NN)n1. The fourth-order valence-electron chi connectivity index (χ4n) is 1.38. The fraction of sp³-hybridized carbons (Fsp3) is 0.0909. The van der Waals surface area contributed by atoms with E-state index in [0.717, 1.165) is 0 Å². The Morgan fingerprint density at radius 2 is 2.18 bits per heavy atom. The normalized spacial score (nSPS) is 10.0. The molecule has 0 saturated carbocycles. The van der Waals surface area contributed by atoms with Crippen LogP contribution in [0.2, 0.25) is 0 Å². The molecule has 0 atom stereocenters. The van der Waals surface area contributed by atoms with Crippen LogP contribution in [0.3, 0.4) is 0 Å². The van der Waals surface area contributed by atoms with E-state index in [9.17, 15) is 4.79 Å². The van der Waals surface area contributed by atoms with E-state index in [-0.39, 0.29) is 11.9 Å². The molecule has 0 aliphatic heterocycles. The molecule has 6 nitrogen and oxygen atoms in total. The largest absolute Gasteiger partial charge is 0.432 e. The first-order valence-corrected chi connectivity index (χ1v) is 5.00. The van der Waals surface area contributed by atoms with Crippen LogP contribution in [0.15, 0.2) is 34.9 Å². The molecule has 0 fully saturated rings. The van der Waals surface area contributed by atoms with Gasteiger partial charge in [0.2, 0.25) is 0 Å². The third kappa shape index (κ3) is 2.43. The average molecular weight is 232 g/mol. The van der Waals surface area contributed by atoms with Gasteiger partial charge in [0.05, 0.1) is 16.9 Å². The predicted molar refractivity (Wildman–Crippen MR) is 63.4 cm³/mol. The van der Waals surface area contributed by atoms with E-state index in [1.54, 1.807) is 31.2 Å². The van der Waals surface area contributed by atoms with Gasteiger partial charge in [-0.05, 0) is 19.1 Å². The lowest BCUT2D eigenvalue weighted by Gasteiger charge is -2.06. The highest BCUT2D eigenvalue weighted by Crippen LogP contribution is 2.15. The number of aryl methyl sites for hydroxylation is 1. The molecule has 0 aliphatic rings. The summed E-state index contributed by atoms with van der Waals surface area (Å²) in [6, 6.07) is 7.05. The van der Waals surface area contributed by atoms with E-state index in [4.69, 9.17) is 10.3 Å². The summed E-state index contributed by atoms with van der Waals surface area (Å²) in [4.78, 5) is 15.9. The molecule has 2 aromatic rings. The Hall–Kier alpha value is -2.34. The van der Waals surface area contributed by atoms with Gasteiger partial charge in [-0.3, -0.25) is 16.0 Å². The molecule has 0 unspecified atom stereocenters. The molecule has 6 heteroatoms. The molecule has 1 amide bonds. The summed E-state index contributed by atoms with van der Waals surface area (Å²) >= 11 is 0. The van der Waals surface area contributed by atoms with Crippen molar-refractivity contribution >= 4 is 17.6 Å². The first kappa shape index (κ1) is 11.2. The number of hydrogen-bond donors (Lipinski definition) is 3. The molecule has 0 radical (unpaired) electrons. The van der Waals surface area contributed by atoms with Crippen LogP contribution in [0, 0.1) is 6.92 Å². The number of nitrogen functional groups attached to an aromatic ring is 1. The summed E-state index contributed by atoms with van der Waals surface area (Å²) in [5.41, 5.74) is 4.11. The molecule has 88 valence electrons. The highest BCUT2D eigenvalue weighted by Gasteiger charge is 2.12. The monoisotopic (exact) mass is 232 g/mol. The van der Waals surface area contributed by atoms with Gasteiger partial charge >= 0.3 is 6.01 Å². The van der Waals surface area contributed by atoms with Gasteiger partial charge in [-0.1, -0.05) is 12.1 Å². The molecule has 1 aromatic carbocycles. The van der Waals surface area contributed by atoms with Crippen molar-refractivity contribution < 1.29 is 9.21 Å². The minimum absolute atomic E-state index is 0.166. The zero-order valence-electron chi connectivity index (χ0n) is 9.23. The Morgan fingerprint density at radius 1 is 1.41 bits per heavy atom. The fourth-order valence-corrected chi connectivity index (χ4v) is 1.38. The van der Waals surface area contributed by atoms with Gasteiger partial charge in [-0.15, -0.1) is 0 Å². The van der Waals surface area contributed by atoms with E-state index >= 15 is 0 Å². The number of aromatic nitrogens is 1. The van der Waals surface area contributed by atoms with E-state index in [1.807, 2.05) is 0 Å². The predicted octanol–water partition coefficient (Wildman–Crippen LogP) is 1.52. The van der Waals surface area contributed by atoms with Crippen LogP contribution in [-0.2, 0) is 0 Å². The number of nitrogens with zero attached hydrogens (tertiary/aromatic N) is 1. The molecule has 0 aliphatic carbocycles. The van der Waals surface area contributed by atoms with Gasteiger partial charge in [0.1, 0.15) is 6.26 Å². The summed E-state index contributed by atoms with van der Waals surface area (Å²) in [6.45, 7) is 1.77. The van der Waals surface area contributed by atoms with Crippen molar-refractivity contribution in [2.75, 3.05) is 10.7 Å². The lowest BCUT2D eigenvalue weighted by Crippen LogP contribution is -2.17. The Balaban J connectivity index is 2.20. The number of amides is 1. The first-order valence-electron chi connectivity index (χ1n) is 5.00. The van der Waals surface area contributed by atoms with Crippen LogP contribution in [0.4, 0.5) is 11.7 Å². The van der Waals surface area contributed by atoms with Crippen LogP contribution in [0.5, 0.6) is 0 Å². The van der Waals surface area contributed by atoms with Crippen molar-refractivity contribution in [3.05, 3.63) is 41.8 Å². The number of oxazole rings is 1. The van der Waals surface area contributed by atoms with Gasteiger partial charge < -0.3 is 9.84 Å². The highest BCUT2D eigenvalue weighted by atomic mass is 16.4. The number of rotatable bonds is 3. The van der Waals surface area contributed by atoms with Gasteiger partial charge in [0.15, 0.2) is 0 Å². The maximum absolute atomic E-state index is 11.9. The van der Waals surface area contributed by atoms with E-state index in [0.29, 0.717) is 16.9 Å². The number of nitrogens with one attached hydrogen (secondary N) is 2. The number of nitrogens with two attached hydrogens (primary N) is 1. The maximum atomic E-state index is 11.9. The summed E-state index contributed by atoms with van der Waals surface area (Å²) < 4.78 is 5.04. The maximum Gasteiger partial charge on any atom is 0.301 e. The number of hydrazine groups is 1. The van der Waals surface area contributed by atoms with E-state index in [2.05, 4.69) is 15.7 Å². The minimum Gasteiger partial charge on any atom is -0.432 e. The number of para-hydroxylation sites is 1. The first-order chi connectivity index (χ1) is 8.20. The number of benzene rings is 1. The lowest BCUT2D eigenvalue weighted by atomic mass is 10.1. The molecule has 0 saturated heterocycles. The van der Waals surface area contributed by atoms with Crippen LogP contribution < -0.4 is 16.6 Å². The summed E-state index contributed by atoms with van der Waals surface area (Å²) in [5, 5.41) is 2.54. The van der Waals surface area contributed by atoms with Gasteiger partial charge in [-0.25, -0.2) is 0 Å². The average Bonchev–Trinajstić information content (AvgIpc) is 2.74. The Kier molecular flexibility index (Phi) is 3.06. The molecule has 2 rings (SSSR count). The topological polar surface area (TPSA) is 93.2 Å². The number of anilines is 2. The molecule has 1 heterocycles. The second kappa shape index (κ2) is 4.67. The standard InChI is InChI=1S/C11H12N4O2/c1-7-6-17-11(13-7)14-10(16)8-4-2-3-5-9(8)15-12/h2-6,15H,12H2,1H3,(H,13,14,16). The van der Waals surface area contributed by atoms with Crippen LogP contribution in [0.1, 0.15) is 16.1 Å². The third-order valence-corrected chi connectivity index (χ3v) is 2.17.